The lowest BCUT2D eigenvalue weighted by Gasteiger charge is -2.30. The molecule has 1 saturated heterocycles. The van der Waals surface area contributed by atoms with Gasteiger partial charge in [-0.15, -0.1) is 10.2 Å². The van der Waals surface area contributed by atoms with E-state index in [9.17, 15) is 24.3 Å². The number of ether oxygens (including phenoxy) is 2. The Labute approximate surface area is 290 Å². The first-order valence-electron chi connectivity index (χ1n) is 17.0. The number of hydrogen-bond donors (Lipinski definition) is 3. The van der Waals surface area contributed by atoms with Crippen LogP contribution in [-0.2, 0) is 25.7 Å². The van der Waals surface area contributed by atoms with E-state index >= 15 is 0 Å². The van der Waals surface area contributed by atoms with Crippen molar-refractivity contribution in [2.45, 2.75) is 95.2 Å². The maximum Gasteiger partial charge on any atom is 0.408 e. The number of tetrazole rings is 1. The number of nitrogens with one attached hydrogen (secondary N) is 2. The normalized spacial score (nSPS) is 26.1. The molecule has 3 aromatic rings. The van der Waals surface area contributed by atoms with E-state index in [0.717, 1.165) is 12.0 Å². The smallest absolute Gasteiger partial charge is 0.408 e. The Balaban J connectivity index is 1.24. The predicted molar refractivity (Wildman–Crippen MR) is 181 cm³/mol. The van der Waals surface area contributed by atoms with E-state index in [1.807, 2.05) is 66.7 Å². The number of nitrogens with zero attached hydrogens (tertiary/aromatic N) is 5. The van der Waals surface area contributed by atoms with Gasteiger partial charge < -0.3 is 30.1 Å². The third kappa shape index (κ3) is 7.95. The second kappa shape index (κ2) is 14.3. The van der Waals surface area contributed by atoms with Crippen LogP contribution in [0, 0.1) is 5.92 Å². The Morgan fingerprint density at radius 1 is 1.10 bits per heavy atom. The number of carbonyl (C=O) groups is 4. The summed E-state index contributed by atoms with van der Waals surface area (Å²) in [4.78, 5) is 56.1. The number of carbonyl (C=O) groups excluding carboxylic acids is 3. The van der Waals surface area contributed by atoms with Crippen LogP contribution >= 0.6 is 0 Å². The Kier molecular flexibility index (Phi) is 9.89. The zero-order chi connectivity index (χ0) is 35.5. The van der Waals surface area contributed by atoms with Crippen molar-refractivity contribution in [2.75, 3.05) is 6.54 Å². The topological polar surface area (TPSA) is 178 Å². The number of aliphatic carboxylic acids is 1. The van der Waals surface area contributed by atoms with Crippen LogP contribution in [0.4, 0.5) is 4.79 Å². The molecule has 14 nitrogen and oxygen atoms in total. The van der Waals surface area contributed by atoms with Gasteiger partial charge in [-0.25, -0.2) is 9.59 Å². The van der Waals surface area contributed by atoms with Crippen molar-refractivity contribution in [3.05, 3.63) is 72.3 Å². The van der Waals surface area contributed by atoms with Gasteiger partial charge in [0, 0.05) is 24.4 Å². The molecule has 3 N–H and O–H groups in total. The first-order chi connectivity index (χ1) is 23.9. The second-order valence-electron chi connectivity index (χ2n) is 14.1. The standard InChI is InChI=1S/C36H43N7O7/c1-35(2,3)50-34(48)37-28-17-10-5-4-9-15-25-20-36(25,33(46)47)38-31(44)29-19-26(21-42(29)32(28)45)43-40-30(39-41-43)24-14-11-16-27(18-24)49-22-23-12-7-6-8-13-23/h6-9,11-16,18,25-26,28-29H,4-5,10,17,19-22H2,1-3H3,(H,37,48)(H,38,44)(H,46,47)/b15-9-/t25-,26-,28+,29+,36-/m1/s1. The van der Waals surface area contributed by atoms with Gasteiger partial charge in [-0.05, 0) is 69.4 Å². The SMILES string of the molecule is CC(C)(C)OC(=O)N[C@H]1CCCC/C=C\[C@@H]2C[C@@]2(C(=O)O)NC(=O)[C@@H]2C[C@@H](n3nnc(-c4cccc(OCc5ccccc5)c4)n3)CN2C1=O. The average molecular weight is 686 g/mol. The quantitative estimate of drug-likeness (QED) is 0.308. The molecule has 2 fully saturated rings. The molecule has 3 heterocycles. The van der Waals surface area contributed by atoms with E-state index in [1.54, 1.807) is 20.8 Å². The highest BCUT2D eigenvalue weighted by Gasteiger charge is 2.61. The number of alkyl carbamates (subject to hydrolysis) is 1. The number of aromatic nitrogens is 4. The van der Waals surface area contributed by atoms with Gasteiger partial charge >= 0.3 is 12.1 Å². The van der Waals surface area contributed by atoms with Crippen molar-refractivity contribution in [2.24, 2.45) is 5.92 Å². The molecular formula is C36H43N7O7. The molecule has 0 bridgehead atoms. The number of rotatable bonds is 7. The fraction of sp³-hybridized carbons (Fsp3) is 0.472. The zero-order valence-corrected chi connectivity index (χ0v) is 28.4. The molecule has 1 aromatic heterocycles. The number of benzene rings is 2. The molecule has 3 aliphatic rings. The number of allylic oxidation sites excluding steroid dienone is 1. The Bertz CT molecular complexity index is 1750. The van der Waals surface area contributed by atoms with E-state index in [1.165, 1.54) is 9.70 Å². The maximum absolute atomic E-state index is 14.2. The molecule has 5 atom stereocenters. The van der Waals surface area contributed by atoms with Gasteiger partial charge in [0.25, 0.3) is 0 Å². The molecule has 6 rings (SSSR count). The van der Waals surface area contributed by atoms with Gasteiger partial charge in [0.05, 0.1) is 6.04 Å². The number of amides is 3. The lowest BCUT2D eigenvalue weighted by molar-refractivity contribution is -0.145. The summed E-state index contributed by atoms with van der Waals surface area (Å²) in [7, 11) is 0. The highest BCUT2D eigenvalue weighted by molar-refractivity contribution is 5.96. The van der Waals surface area contributed by atoms with Gasteiger partial charge in [0.1, 0.15) is 35.6 Å². The van der Waals surface area contributed by atoms with Gasteiger partial charge in [0.2, 0.25) is 17.6 Å². The summed E-state index contributed by atoms with van der Waals surface area (Å²) in [5.74, 6) is -1.56. The molecule has 3 amide bonds. The van der Waals surface area contributed by atoms with Crippen molar-refractivity contribution < 1.29 is 33.8 Å². The van der Waals surface area contributed by atoms with Crippen molar-refractivity contribution in [1.82, 2.24) is 35.7 Å². The summed E-state index contributed by atoms with van der Waals surface area (Å²) < 4.78 is 11.4. The molecule has 264 valence electrons. The maximum atomic E-state index is 14.2. The van der Waals surface area contributed by atoms with Crippen molar-refractivity contribution >= 4 is 23.9 Å². The van der Waals surface area contributed by atoms with Crippen molar-refractivity contribution in [3.8, 4) is 17.1 Å². The second-order valence-corrected chi connectivity index (χ2v) is 14.1. The highest BCUT2D eigenvalue weighted by Crippen LogP contribution is 2.45. The monoisotopic (exact) mass is 685 g/mol. The fourth-order valence-corrected chi connectivity index (χ4v) is 6.48. The minimum absolute atomic E-state index is 0.0445. The van der Waals surface area contributed by atoms with Crippen LogP contribution in [0.25, 0.3) is 11.4 Å². The third-order valence-electron chi connectivity index (χ3n) is 9.17. The van der Waals surface area contributed by atoms with Crippen LogP contribution in [0.1, 0.15) is 70.9 Å². The summed E-state index contributed by atoms with van der Waals surface area (Å²) >= 11 is 0. The molecule has 0 spiro atoms. The lowest BCUT2D eigenvalue weighted by Crippen LogP contribution is -2.56. The van der Waals surface area contributed by atoms with Crippen LogP contribution in [-0.4, -0.2) is 83.9 Å². The molecule has 2 aliphatic heterocycles. The molecule has 2 aromatic carbocycles. The highest BCUT2D eigenvalue weighted by atomic mass is 16.6. The first-order valence-corrected chi connectivity index (χ1v) is 17.0. The summed E-state index contributed by atoms with van der Waals surface area (Å²) in [5.41, 5.74) is -0.521. The minimum atomic E-state index is -1.44. The van der Waals surface area contributed by atoms with Gasteiger partial charge in [-0.3, -0.25) is 9.59 Å². The minimum Gasteiger partial charge on any atom is -0.489 e. The largest absolute Gasteiger partial charge is 0.489 e. The first kappa shape index (κ1) is 34.6. The van der Waals surface area contributed by atoms with Crippen LogP contribution in [0.3, 0.4) is 0 Å². The molecule has 14 heteroatoms. The molecule has 0 unspecified atom stereocenters. The average Bonchev–Trinajstić information content (AvgIpc) is 3.38. The van der Waals surface area contributed by atoms with Crippen molar-refractivity contribution in [3.63, 3.8) is 0 Å². The predicted octanol–water partition coefficient (Wildman–Crippen LogP) is 4.04. The number of carboxylic acid groups (broad SMARTS) is 1. The van der Waals surface area contributed by atoms with E-state index < -0.39 is 53.1 Å². The summed E-state index contributed by atoms with van der Waals surface area (Å²) in [6, 6.07) is 14.6. The van der Waals surface area contributed by atoms with Gasteiger partial charge in [0.15, 0.2) is 0 Å². The number of carboxylic acids is 1. The Morgan fingerprint density at radius 2 is 1.90 bits per heavy atom. The van der Waals surface area contributed by atoms with E-state index in [-0.39, 0.29) is 25.3 Å². The van der Waals surface area contributed by atoms with E-state index in [2.05, 4.69) is 26.0 Å². The van der Waals surface area contributed by atoms with E-state index in [0.29, 0.717) is 43.0 Å². The fourth-order valence-electron chi connectivity index (χ4n) is 6.48. The third-order valence-corrected chi connectivity index (χ3v) is 9.17. The molecule has 50 heavy (non-hydrogen) atoms. The summed E-state index contributed by atoms with van der Waals surface area (Å²) in [6.45, 7) is 5.63. The van der Waals surface area contributed by atoms with Gasteiger partial charge in [-0.2, -0.15) is 4.80 Å². The number of hydrogen-bond acceptors (Lipinski definition) is 9. The summed E-state index contributed by atoms with van der Waals surface area (Å²) in [6.07, 6.45) is 5.75. The van der Waals surface area contributed by atoms with Crippen molar-refractivity contribution in [1.29, 1.82) is 0 Å². The Morgan fingerprint density at radius 3 is 2.66 bits per heavy atom. The van der Waals surface area contributed by atoms with Crippen LogP contribution < -0.4 is 15.4 Å². The molecular weight excluding hydrogens is 642 g/mol. The lowest BCUT2D eigenvalue weighted by atomic mass is 10.0. The van der Waals surface area contributed by atoms with Crippen LogP contribution in [0.2, 0.25) is 0 Å². The molecule has 0 radical (unpaired) electrons. The zero-order valence-electron chi connectivity index (χ0n) is 28.4. The van der Waals surface area contributed by atoms with Crippen LogP contribution in [0.5, 0.6) is 5.75 Å². The number of fused-ring (bicyclic) bond motifs is 2. The summed E-state index contributed by atoms with van der Waals surface area (Å²) in [5, 5.41) is 28.8. The van der Waals surface area contributed by atoms with Gasteiger partial charge in [-0.1, -0.05) is 61.0 Å². The molecule has 1 saturated carbocycles. The van der Waals surface area contributed by atoms with Crippen LogP contribution in [0.15, 0.2) is 66.7 Å². The molecule has 1 aliphatic carbocycles. The van der Waals surface area contributed by atoms with E-state index in [4.69, 9.17) is 9.47 Å². The Hall–Kier alpha value is -5.27.